The molecule has 0 radical (unpaired) electrons. The number of carbonyl (C=O) groups is 1. The molecule has 4 heteroatoms. The van der Waals surface area contributed by atoms with Gasteiger partial charge in [0.15, 0.2) is 0 Å². The number of carbonyl (C=O) groups excluding carboxylic acids is 1. The lowest BCUT2D eigenvalue weighted by Gasteiger charge is -2.24. The maximum Gasteiger partial charge on any atom is 0.253 e. The summed E-state index contributed by atoms with van der Waals surface area (Å²) in [6, 6.07) is 6.40. The van der Waals surface area contributed by atoms with Crippen LogP contribution in [0.4, 0.5) is 5.69 Å². The molecule has 20 heavy (non-hydrogen) atoms. The molecule has 1 aliphatic rings. The lowest BCUT2D eigenvalue weighted by Crippen LogP contribution is -2.39. The highest BCUT2D eigenvalue weighted by Gasteiger charge is 2.13. The highest BCUT2D eigenvalue weighted by Crippen LogP contribution is 2.18. The Balaban J connectivity index is 2.02. The fourth-order valence-electron chi connectivity index (χ4n) is 2.54. The maximum absolute atomic E-state index is 12.0. The van der Waals surface area contributed by atoms with Crippen LogP contribution in [-0.4, -0.2) is 44.0 Å². The van der Waals surface area contributed by atoms with E-state index in [9.17, 15) is 4.79 Å². The van der Waals surface area contributed by atoms with E-state index < -0.39 is 0 Å². The van der Waals surface area contributed by atoms with Crippen LogP contribution in [0.5, 0.6) is 0 Å². The Kier molecular flexibility index (Phi) is 5.01. The summed E-state index contributed by atoms with van der Waals surface area (Å²) in [5, 5.41) is 7.01. The topological polar surface area (TPSA) is 44.4 Å². The summed E-state index contributed by atoms with van der Waals surface area (Å²) in [6.07, 6.45) is 3.81. The third kappa shape index (κ3) is 3.73. The van der Waals surface area contributed by atoms with Crippen molar-refractivity contribution < 1.29 is 4.79 Å². The van der Waals surface area contributed by atoms with E-state index in [1.54, 1.807) is 19.0 Å². The zero-order valence-corrected chi connectivity index (χ0v) is 12.7. The molecule has 2 rings (SSSR count). The molecule has 0 aromatic heterocycles. The average Bonchev–Trinajstić information content (AvgIpc) is 2.46. The van der Waals surface area contributed by atoms with E-state index in [4.69, 9.17) is 0 Å². The Labute approximate surface area is 121 Å². The van der Waals surface area contributed by atoms with Gasteiger partial charge < -0.3 is 15.5 Å². The van der Waals surface area contributed by atoms with Gasteiger partial charge in [-0.05, 0) is 44.0 Å². The van der Waals surface area contributed by atoms with E-state index in [-0.39, 0.29) is 5.91 Å². The Morgan fingerprint density at radius 1 is 1.40 bits per heavy atom. The standard InChI is InChI=1S/C16H25N3O/c1-12-7-8-13(16(20)19(2)3)10-15(12)18-11-14-6-4-5-9-17-14/h7-8,10,14,17-18H,4-6,9,11H2,1-3H3. The number of hydrogen-bond donors (Lipinski definition) is 2. The van der Waals surface area contributed by atoms with Crippen LogP contribution in [0.25, 0.3) is 0 Å². The van der Waals surface area contributed by atoms with Gasteiger partial charge in [-0.25, -0.2) is 0 Å². The first-order valence-electron chi connectivity index (χ1n) is 7.37. The number of nitrogens with one attached hydrogen (secondary N) is 2. The van der Waals surface area contributed by atoms with Crippen LogP contribution >= 0.6 is 0 Å². The number of piperidine rings is 1. The van der Waals surface area contributed by atoms with Crippen molar-refractivity contribution in [2.45, 2.75) is 32.2 Å². The van der Waals surface area contributed by atoms with Crippen LogP contribution in [0.3, 0.4) is 0 Å². The molecule has 0 aliphatic carbocycles. The van der Waals surface area contributed by atoms with Crippen LogP contribution in [-0.2, 0) is 0 Å². The van der Waals surface area contributed by atoms with Crippen molar-refractivity contribution in [1.82, 2.24) is 10.2 Å². The molecule has 0 saturated carbocycles. The fourth-order valence-corrected chi connectivity index (χ4v) is 2.54. The number of benzene rings is 1. The van der Waals surface area contributed by atoms with Crippen LogP contribution in [0.15, 0.2) is 18.2 Å². The average molecular weight is 275 g/mol. The first kappa shape index (κ1) is 14.9. The summed E-state index contributed by atoms with van der Waals surface area (Å²) in [5.41, 5.74) is 2.97. The Morgan fingerprint density at radius 3 is 2.85 bits per heavy atom. The predicted molar refractivity (Wildman–Crippen MR) is 83.3 cm³/mol. The molecule has 1 amide bonds. The number of amides is 1. The molecule has 0 bridgehead atoms. The quantitative estimate of drug-likeness (QED) is 0.886. The van der Waals surface area contributed by atoms with Crippen LogP contribution in [0.1, 0.15) is 35.2 Å². The minimum Gasteiger partial charge on any atom is -0.383 e. The van der Waals surface area contributed by atoms with Crippen molar-refractivity contribution in [3.05, 3.63) is 29.3 Å². The van der Waals surface area contributed by atoms with Gasteiger partial charge in [0.1, 0.15) is 0 Å². The highest BCUT2D eigenvalue weighted by molar-refractivity contribution is 5.95. The fraction of sp³-hybridized carbons (Fsp3) is 0.562. The lowest BCUT2D eigenvalue weighted by atomic mass is 10.0. The molecule has 2 N–H and O–H groups in total. The molecule has 1 fully saturated rings. The molecule has 1 saturated heterocycles. The summed E-state index contributed by atoms with van der Waals surface area (Å²) in [5.74, 6) is 0.0452. The van der Waals surface area contributed by atoms with E-state index in [1.807, 2.05) is 18.2 Å². The monoisotopic (exact) mass is 275 g/mol. The smallest absolute Gasteiger partial charge is 0.253 e. The summed E-state index contributed by atoms with van der Waals surface area (Å²) >= 11 is 0. The third-order valence-corrected chi connectivity index (χ3v) is 3.84. The molecule has 110 valence electrons. The number of nitrogens with zero attached hydrogens (tertiary/aromatic N) is 1. The number of aryl methyl sites for hydroxylation is 1. The number of hydrogen-bond acceptors (Lipinski definition) is 3. The van der Waals surface area contributed by atoms with E-state index in [1.165, 1.54) is 24.8 Å². The number of rotatable bonds is 4. The molecular formula is C16H25N3O. The Bertz CT molecular complexity index is 465. The number of anilines is 1. The second-order valence-electron chi connectivity index (χ2n) is 5.76. The van der Waals surface area contributed by atoms with E-state index in [2.05, 4.69) is 17.6 Å². The molecule has 1 unspecified atom stereocenters. The first-order chi connectivity index (χ1) is 9.58. The minimum atomic E-state index is 0.0452. The molecule has 1 atom stereocenters. The third-order valence-electron chi connectivity index (χ3n) is 3.84. The van der Waals surface area contributed by atoms with Gasteiger partial charge in [0.05, 0.1) is 0 Å². The normalized spacial score (nSPS) is 18.6. The van der Waals surface area contributed by atoms with Crippen molar-refractivity contribution >= 4 is 11.6 Å². The van der Waals surface area contributed by atoms with Gasteiger partial charge in [-0.1, -0.05) is 12.5 Å². The van der Waals surface area contributed by atoms with Gasteiger partial charge in [0.25, 0.3) is 5.91 Å². The van der Waals surface area contributed by atoms with E-state index >= 15 is 0 Å². The summed E-state index contributed by atoms with van der Waals surface area (Å²) in [7, 11) is 3.56. The van der Waals surface area contributed by atoms with Crippen molar-refractivity contribution in [3.8, 4) is 0 Å². The zero-order valence-electron chi connectivity index (χ0n) is 12.7. The Hall–Kier alpha value is -1.55. The van der Waals surface area contributed by atoms with Crippen molar-refractivity contribution in [3.63, 3.8) is 0 Å². The van der Waals surface area contributed by atoms with E-state index in [0.717, 1.165) is 24.3 Å². The second kappa shape index (κ2) is 6.75. The second-order valence-corrected chi connectivity index (χ2v) is 5.76. The van der Waals surface area contributed by atoms with Crippen LogP contribution < -0.4 is 10.6 Å². The minimum absolute atomic E-state index is 0.0452. The molecule has 1 heterocycles. The van der Waals surface area contributed by atoms with Gasteiger partial charge >= 0.3 is 0 Å². The molecule has 0 spiro atoms. The van der Waals surface area contributed by atoms with Gasteiger partial charge in [-0.2, -0.15) is 0 Å². The highest BCUT2D eigenvalue weighted by atomic mass is 16.2. The summed E-state index contributed by atoms with van der Waals surface area (Å²) < 4.78 is 0. The lowest BCUT2D eigenvalue weighted by molar-refractivity contribution is 0.0827. The molecule has 1 aromatic carbocycles. The molecule has 4 nitrogen and oxygen atoms in total. The van der Waals surface area contributed by atoms with Gasteiger partial charge in [-0.3, -0.25) is 4.79 Å². The molecule has 1 aromatic rings. The summed E-state index contributed by atoms with van der Waals surface area (Å²) in [6.45, 7) is 4.10. The first-order valence-corrected chi connectivity index (χ1v) is 7.37. The molecular weight excluding hydrogens is 250 g/mol. The summed E-state index contributed by atoms with van der Waals surface area (Å²) in [4.78, 5) is 13.6. The van der Waals surface area contributed by atoms with E-state index in [0.29, 0.717) is 6.04 Å². The van der Waals surface area contributed by atoms with Crippen molar-refractivity contribution in [1.29, 1.82) is 0 Å². The maximum atomic E-state index is 12.0. The van der Waals surface area contributed by atoms with Crippen molar-refractivity contribution in [2.75, 3.05) is 32.5 Å². The SMILES string of the molecule is Cc1ccc(C(=O)N(C)C)cc1NCC1CCCCN1. The predicted octanol–water partition coefficient (Wildman–Crippen LogP) is 2.25. The largest absolute Gasteiger partial charge is 0.383 e. The Morgan fingerprint density at radius 2 is 2.20 bits per heavy atom. The van der Waals surface area contributed by atoms with Crippen LogP contribution in [0.2, 0.25) is 0 Å². The zero-order chi connectivity index (χ0) is 14.5. The van der Waals surface area contributed by atoms with Gasteiger partial charge in [-0.15, -0.1) is 0 Å². The van der Waals surface area contributed by atoms with Gasteiger partial charge in [0.2, 0.25) is 0 Å². The van der Waals surface area contributed by atoms with Crippen LogP contribution in [0, 0.1) is 6.92 Å². The van der Waals surface area contributed by atoms with Crippen molar-refractivity contribution in [2.24, 2.45) is 0 Å². The molecule has 1 aliphatic heterocycles. The van der Waals surface area contributed by atoms with Gasteiger partial charge in [0, 0.05) is 37.9 Å².